The lowest BCUT2D eigenvalue weighted by Crippen LogP contribution is -2.38. The average Bonchev–Trinajstić information content (AvgIpc) is 2.67. The Labute approximate surface area is 118 Å². The summed E-state index contributed by atoms with van der Waals surface area (Å²) in [7, 11) is 0. The van der Waals surface area contributed by atoms with Crippen molar-refractivity contribution in [1.29, 1.82) is 0 Å². The number of hydrogen-bond donors (Lipinski definition) is 0. The molecule has 0 bridgehead atoms. The van der Waals surface area contributed by atoms with Crippen LogP contribution in [-0.4, -0.2) is 36.6 Å². The van der Waals surface area contributed by atoms with Crippen LogP contribution in [0.15, 0.2) is 0 Å². The predicted molar refractivity (Wildman–Crippen MR) is 79.2 cm³/mol. The molecule has 1 rings (SSSR count). The first-order valence-electron chi connectivity index (χ1n) is 8.17. The Hall–Kier alpha value is -0.570. The van der Waals surface area contributed by atoms with Gasteiger partial charge in [0.1, 0.15) is 0 Å². The van der Waals surface area contributed by atoms with Crippen molar-refractivity contribution in [2.45, 2.75) is 77.7 Å². The standard InChI is InChI=1S/C16H31NO2/c1-3-5-8-11-15(14-16(18)19-4-2)17-12-9-6-7-10-13-17/h15H,3-14H2,1-2H3. The molecule has 0 aliphatic carbocycles. The first-order chi connectivity index (χ1) is 9.27. The lowest BCUT2D eigenvalue weighted by Gasteiger charge is -2.30. The van der Waals surface area contributed by atoms with Crippen molar-refractivity contribution in [3.8, 4) is 0 Å². The normalized spacial score (nSPS) is 18.8. The maximum Gasteiger partial charge on any atom is 0.307 e. The Balaban J connectivity index is 2.47. The Morgan fingerprint density at radius 2 is 1.79 bits per heavy atom. The Morgan fingerprint density at radius 1 is 1.11 bits per heavy atom. The first kappa shape index (κ1) is 16.5. The van der Waals surface area contributed by atoms with Crippen LogP contribution in [0.1, 0.15) is 71.6 Å². The van der Waals surface area contributed by atoms with E-state index in [4.69, 9.17) is 4.74 Å². The maximum absolute atomic E-state index is 11.8. The van der Waals surface area contributed by atoms with E-state index >= 15 is 0 Å². The summed E-state index contributed by atoms with van der Waals surface area (Å²) in [5, 5.41) is 0. The van der Waals surface area contributed by atoms with Gasteiger partial charge in [-0.3, -0.25) is 9.69 Å². The van der Waals surface area contributed by atoms with E-state index in [1.54, 1.807) is 0 Å². The van der Waals surface area contributed by atoms with E-state index in [1.165, 1.54) is 44.9 Å². The summed E-state index contributed by atoms with van der Waals surface area (Å²) in [6.07, 6.45) is 10.7. The molecule has 0 aromatic carbocycles. The van der Waals surface area contributed by atoms with Crippen molar-refractivity contribution in [1.82, 2.24) is 4.90 Å². The number of ether oxygens (including phenoxy) is 1. The van der Waals surface area contributed by atoms with Crippen molar-refractivity contribution < 1.29 is 9.53 Å². The third-order valence-corrected chi connectivity index (χ3v) is 4.01. The van der Waals surface area contributed by atoms with Gasteiger partial charge in [-0.25, -0.2) is 0 Å². The number of likely N-dealkylation sites (tertiary alicyclic amines) is 1. The predicted octanol–water partition coefficient (Wildman–Crippen LogP) is 3.76. The summed E-state index contributed by atoms with van der Waals surface area (Å²) in [5.41, 5.74) is 0. The third-order valence-electron chi connectivity index (χ3n) is 4.01. The van der Waals surface area contributed by atoms with Crippen molar-refractivity contribution in [3.05, 3.63) is 0 Å². The number of carbonyl (C=O) groups is 1. The zero-order chi connectivity index (χ0) is 13.9. The fraction of sp³-hybridized carbons (Fsp3) is 0.938. The second-order valence-corrected chi connectivity index (χ2v) is 5.61. The topological polar surface area (TPSA) is 29.5 Å². The fourth-order valence-electron chi connectivity index (χ4n) is 2.92. The van der Waals surface area contributed by atoms with E-state index in [1.807, 2.05) is 6.92 Å². The minimum atomic E-state index is -0.0201. The molecule has 0 aromatic rings. The van der Waals surface area contributed by atoms with E-state index in [0.717, 1.165) is 19.5 Å². The number of hydrogen-bond acceptors (Lipinski definition) is 3. The van der Waals surface area contributed by atoms with Crippen LogP contribution in [0, 0.1) is 0 Å². The zero-order valence-electron chi connectivity index (χ0n) is 12.8. The van der Waals surface area contributed by atoms with Gasteiger partial charge in [-0.05, 0) is 39.3 Å². The molecular formula is C16H31NO2. The lowest BCUT2D eigenvalue weighted by molar-refractivity contribution is -0.144. The Kier molecular flexibility index (Phi) is 8.89. The molecule has 1 aliphatic heterocycles. The largest absolute Gasteiger partial charge is 0.466 e. The highest BCUT2D eigenvalue weighted by atomic mass is 16.5. The Bertz CT molecular complexity index is 235. The van der Waals surface area contributed by atoms with Gasteiger partial charge in [-0.1, -0.05) is 39.0 Å². The van der Waals surface area contributed by atoms with Gasteiger partial charge in [0.2, 0.25) is 0 Å². The van der Waals surface area contributed by atoms with Crippen molar-refractivity contribution in [2.24, 2.45) is 0 Å². The number of nitrogens with zero attached hydrogens (tertiary/aromatic N) is 1. The summed E-state index contributed by atoms with van der Waals surface area (Å²) < 4.78 is 5.14. The van der Waals surface area contributed by atoms with Crippen LogP contribution in [0.2, 0.25) is 0 Å². The summed E-state index contributed by atoms with van der Waals surface area (Å²) in [4.78, 5) is 14.3. The van der Waals surface area contributed by atoms with Gasteiger partial charge in [-0.2, -0.15) is 0 Å². The second-order valence-electron chi connectivity index (χ2n) is 5.61. The van der Waals surface area contributed by atoms with Crippen molar-refractivity contribution in [3.63, 3.8) is 0 Å². The molecule has 112 valence electrons. The molecule has 0 spiro atoms. The maximum atomic E-state index is 11.8. The summed E-state index contributed by atoms with van der Waals surface area (Å²) in [6.45, 7) is 6.94. The monoisotopic (exact) mass is 269 g/mol. The van der Waals surface area contributed by atoms with Crippen LogP contribution in [0.25, 0.3) is 0 Å². The van der Waals surface area contributed by atoms with Crippen molar-refractivity contribution >= 4 is 5.97 Å². The minimum absolute atomic E-state index is 0.0201. The quantitative estimate of drug-likeness (QED) is 0.496. The van der Waals surface area contributed by atoms with E-state index in [-0.39, 0.29) is 5.97 Å². The average molecular weight is 269 g/mol. The van der Waals surface area contributed by atoms with E-state index in [0.29, 0.717) is 19.1 Å². The molecular weight excluding hydrogens is 238 g/mol. The molecule has 0 amide bonds. The van der Waals surface area contributed by atoms with Crippen LogP contribution in [0.5, 0.6) is 0 Å². The van der Waals surface area contributed by atoms with Gasteiger partial charge >= 0.3 is 5.97 Å². The molecule has 1 saturated heterocycles. The van der Waals surface area contributed by atoms with Crippen LogP contribution < -0.4 is 0 Å². The molecule has 1 aliphatic rings. The highest BCUT2D eigenvalue weighted by molar-refractivity contribution is 5.70. The van der Waals surface area contributed by atoms with E-state index in [9.17, 15) is 4.79 Å². The molecule has 1 heterocycles. The van der Waals surface area contributed by atoms with Gasteiger partial charge < -0.3 is 4.74 Å². The highest BCUT2D eigenvalue weighted by Crippen LogP contribution is 2.19. The molecule has 3 nitrogen and oxygen atoms in total. The summed E-state index contributed by atoms with van der Waals surface area (Å²) in [5.74, 6) is -0.0201. The summed E-state index contributed by atoms with van der Waals surface area (Å²) >= 11 is 0. The SMILES string of the molecule is CCCCCC(CC(=O)OCC)N1CCCCCC1. The molecule has 1 unspecified atom stereocenters. The third kappa shape index (κ3) is 6.95. The molecule has 0 N–H and O–H groups in total. The van der Waals surface area contributed by atoms with Gasteiger partial charge in [-0.15, -0.1) is 0 Å². The lowest BCUT2D eigenvalue weighted by atomic mass is 10.0. The van der Waals surface area contributed by atoms with E-state index in [2.05, 4.69) is 11.8 Å². The van der Waals surface area contributed by atoms with Crippen LogP contribution >= 0.6 is 0 Å². The molecule has 19 heavy (non-hydrogen) atoms. The first-order valence-corrected chi connectivity index (χ1v) is 8.17. The number of esters is 1. The molecule has 0 saturated carbocycles. The summed E-state index contributed by atoms with van der Waals surface area (Å²) in [6, 6.07) is 0.406. The molecule has 0 aromatic heterocycles. The molecule has 1 atom stereocenters. The highest BCUT2D eigenvalue weighted by Gasteiger charge is 2.22. The number of unbranched alkanes of at least 4 members (excludes halogenated alkanes) is 2. The van der Waals surface area contributed by atoms with Gasteiger partial charge in [0.15, 0.2) is 0 Å². The Morgan fingerprint density at radius 3 is 2.37 bits per heavy atom. The fourth-order valence-corrected chi connectivity index (χ4v) is 2.92. The van der Waals surface area contributed by atoms with E-state index < -0.39 is 0 Å². The molecule has 1 fully saturated rings. The van der Waals surface area contributed by atoms with Crippen LogP contribution in [-0.2, 0) is 9.53 Å². The van der Waals surface area contributed by atoms with Crippen molar-refractivity contribution in [2.75, 3.05) is 19.7 Å². The van der Waals surface area contributed by atoms with Gasteiger partial charge in [0.25, 0.3) is 0 Å². The van der Waals surface area contributed by atoms with Crippen LogP contribution in [0.4, 0.5) is 0 Å². The zero-order valence-corrected chi connectivity index (χ0v) is 12.8. The smallest absolute Gasteiger partial charge is 0.307 e. The molecule has 0 radical (unpaired) electrons. The second kappa shape index (κ2) is 10.2. The van der Waals surface area contributed by atoms with Crippen LogP contribution in [0.3, 0.4) is 0 Å². The van der Waals surface area contributed by atoms with Gasteiger partial charge in [0, 0.05) is 6.04 Å². The van der Waals surface area contributed by atoms with Gasteiger partial charge in [0.05, 0.1) is 13.0 Å². The minimum Gasteiger partial charge on any atom is -0.466 e. The molecule has 3 heteroatoms. The number of carbonyl (C=O) groups excluding carboxylic acids is 1. The number of rotatable bonds is 8.